The molecule has 166 valence electrons. The molecule has 3 rings (SSSR count). The van der Waals surface area contributed by atoms with Crippen LogP contribution in [-0.4, -0.2) is 36.1 Å². The van der Waals surface area contributed by atoms with Crippen molar-refractivity contribution >= 4 is 41.2 Å². The average molecular weight is 479 g/mol. The van der Waals surface area contributed by atoms with Gasteiger partial charge in [-0.25, -0.2) is 9.71 Å². The predicted molar refractivity (Wildman–Crippen MR) is 133 cm³/mol. The van der Waals surface area contributed by atoms with Gasteiger partial charge in [0.1, 0.15) is 5.82 Å². The number of benzene rings is 1. The number of aromatic nitrogens is 2. The van der Waals surface area contributed by atoms with Crippen molar-refractivity contribution in [3.05, 3.63) is 88.8 Å². The summed E-state index contributed by atoms with van der Waals surface area (Å²) < 4.78 is 6.41. The van der Waals surface area contributed by atoms with E-state index in [0.29, 0.717) is 16.6 Å². The Kier molecular flexibility index (Phi) is 13.0. The Bertz CT molecular complexity index is 815. The van der Waals surface area contributed by atoms with Gasteiger partial charge in [0.15, 0.2) is 0 Å². The zero-order chi connectivity index (χ0) is 22.2. The van der Waals surface area contributed by atoms with Crippen LogP contribution < -0.4 is 20.1 Å². The molecule has 0 saturated carbocycles. The Morgan fingerprint density at radius 2 is 1.68 bits per heavy atom. The van der Waals surface area contributed by atoms with Gasteiger partial charge >= 0.3 is 0 Å². The van der Waals surface area contributed by atoms with E-state index in [-0.39, 0.29) is 0 Å². The topological polar surface area (TPSA) is 79.1 Å². The lowest BCUT2D eigenvalue weighted by Crippen LogP contribution is -2.27. The van der Waals surface area contributed by atoms with Crippen molar-refractivity contribution in [3.63, 3.8) is 0 Å². The maximum absolute atomic E-state index is 6.14. The number of nitrogens with zero attached hydrogens (tertiary/aromatic N) is 3. The van der Waals surface area contributed by atoms with Crippen LogP contribution >= 0.6 is 35.3 Å². The minimum absolute atomic E-state index is 0.570. The standard InChI is InChI=1S/C17H23Cl2N5S.C5H5N/c18-15-6-5-14(12-16(15)19)13-24(17-4-1-2-8-21-17)11-3-9-22-25-23-10-7-20;1-2-4-6-5-3-1/h1-2,4-6,8,12,22-23H,3,7,9-11,13,20H2;1-5H. The van der Waals surface area contributed by atoms with Gasteiger partial charge in [-0.15, -0.1) is 0 Å². The number of hydrogen-bond donors (Lipinski definition) is 3. The summed E-state index contributed by atoms with van der Waals surface area (Å²) in [6.07, 6.45) is 6.29. The number of pyridine rings is 2. The monoisotopic (exact) mass is 478 g/mol. The SMILES string of the molecule is NCCNSNCCCN(Cc1ccc(Cl)c(Cl)c1)c1ccccn1.c1ccncc1. The fourth-order valence-electron chi connectivity index (χ4n) is 2.54. The number of anilines is 1. The number of rotatable bonds is 11. The summed E-state index contributed by atoms with van der Waals surface area (Å²) >= 11 is 13.6. The molecule has 0 aliphatic rings. The molecule has 0 aliphatic heterocycles. The maximum atomic E-state index is 6.14. The molecule has 0 radical (unpaired) electrons. The highest BCUT2D eigenvalue weighted by Gasteiger charge is 2.09. The predicted octanol–water partition coefficient (Wildman–Crippen LogP) is 4.57. The summed E-state index contributed by atoms with van der Waals surface area (Å²) in [7, 11) is 0. The number of halogens is 2. The molecule has 6 nitrogen and oxygen atoms in total. The fourth-order valence-corrected chi connectivity index (χ4v) is 3.43. The van der Waals surface area contributed by atoms with Crippen molar-refractivity contribution < 1.29 is 0 Å². The highest BCUT2D eigenvalue weighted by molar-refractivity contribution is 7.95. The molecule has 2 heterocycles. The number of nitrogens with one attached hydrogen (secondary N) is 2. The highest BCUT2D eigenvalue weighted by atomic mass is 35.5. The van der Waals surface area contributed by atoms with Gasteiger partial charge in [0.25, 0.3) is 0 Å². The van der Waals surface area contributed by atoms with E-state index in [9.17, 15) is 0 Å². The quantitative estimate of drug-likeness (QED) is 0.275. The molecule has 0 amide bonds. The molecule has 0 aliphatic carbocycles. The van der Waals surface area contributed by atoms with Crippen LogP contribution in [0.15, 0.2) is 73.2 Å². The molecule has 31 heavy (non-hydrogen) atoms. The Balaban J connectivity index is 0.000000488. The van der Waals surface area contributed by atoms with E-state index in [1.165, 1.54) is 12.1 Å². The van der Waals surface area contributed by atoms with Gasteiger partial charge < -0.3 is 10.6 Å². The first-order chi connectivity index (χ1) is 15.2. The second-order valence-corrected chi connectivity index (χ2v) is 8.01. The van der Waals surface area contributed by atoms with Gasteiger partial charge in [-0.05, 0) is 48.4 Å². The fraction of sp³-hybridized carbons (Fsp3) is 0.273. The molecular weight excluding hydrogens is 451 g/mol. The van der Waals surface area contributed by atoms with E-state index in [1.807, 2.05) is 60.8 Å². The van der Waals surface area contributed by atoms with E-state index < -0.39 is 0 Å². The van der Waals surface area contributed by atoms with Crippen LogP contribution in [0.5, 0.6) is 0 Å². The van der Waals surface area contributed by atoms with Gasteiger partial charge in [-0.3, -0.25) is 9.71 Å². The Labute approximate surface area is 198 Å². The second kappa shape index (κ2) is 15.9. The van der Waals surface area contributed by atoms with Gasteiger partial charge in [0, 0.05) is 63.4 Å². The van der Waals surface area contributed by atoms with Crippen molar-refractivity contribution in [2.24, 2.45) is 5.73 Å². The molecule has 3 aromatic rings. The third-order valence-corrected chi connectivity index (χ3v) is 5.43. The second-order valence-electron chi connectivity index (χ2n) is 6.42. The first kappa shape index (κ1) is 25.4. The Morgan fingerprint density at radius 1 is 0.903 bits per heavy atom. The third kappa shape index (κ3) is 10.8. The zero-order valence-electron chi connectivity index (χ0n) is 17.3. The minimum Gasteiger partial charge on any atom is -0.352 e. The van der Waals surface area contributed by atoms with Crippen LogP contribution in [0.25, 0.3) is 0 Å². The number of nitrogens with two attached hydrogens (primary N) is 1. The molecule has 0 bridgehead atoms. The lowest BCUT2D eigenvalue weighted by atomic mass is 10.2. The number of hydrogen-bond acceptors (Lipinski definition) is 7. The van der Waals surface area contributed by atoms with Crippen molar-refractivity contribution in [2.45, 2.75) is 13.0 Å². The molecule has 4 N–H and O–H groups in total. The van der Waals surface area contributed by atoms with Gasteiger partial charge in [0.05, 0.1) is 10.0 Å². The molecular formula is C22H28Cl2N6S. The van der Waals surface area contributed by atoms with Gasteiger partial charge in [-0.2, -0.15) is 0 Å². The molecule has 0 fully saturated rings. The van der Waals surface area contributed by atoms with Crippen LogP contribution in [0.3, 0.4) is 0 Å². The Hall–Kier alpha value is -1.87. The molecule has 9 heteroatoms. The Morgan fingerprint density at radius 3 is 2.29 bits per heavy atom. The van der Waals surface area contributed by atoms with Gasteiger partial charge in [0.2, 0.25) is 0 Å². The molecule has 0 atom stereocenters. The van der Waals surface area contributed by atoms with Crippen LogP contribution in [-0.2, 0) is 6.54 Å². The largest absolute Gasteiger partial charge is 0.352 e. The lowest BCUT2D eigenvalue weighted by molar-refractivity contribution is 0.711. The minimum atomic E-state index is 0.570. The van der Waals surface area contributed by atoms with Crippen molar-refractivity contribution in [3.8, 4) is 0 Å². The summed E-state index contributed by atoms with van der Waals surface area (Å²) in [5, 5.41) is 1.14. The molecule has 0 spiro atoms. The summed E-state index contributed by atoms with van der Waals surface area (Å²) in [4.78, 5) is 10.5. The van der Waals surface area contributed by atoms with Crippen molar-refractivity contribution in [1.82, 2.24) is 19.4 Å². The summed E-state index contributed by atoms with van der Waals surface area (Å²) in [6.45, 7) is 3.90. The normalized spacial score (nSPS) is 10.3. The molecule has 1 aromatic carbocycles. The third-order valence-electron chi connectivity index (χ3n) is 3.99. The van der Waals surface area contributed by atoms with E-state index in [4.69, 9.17) is 28.9 Å². The first-order valence-electron chi connectivity index (χ1n) is 9.97. The smallest absolute Gasteiger partial charge is 0.128 e. The maximum Gasteiger partial charge on any atom is 0.128 e. The van der Waals surface area contributed by atoms with Crippen molar-refractivity contribution in [1.29, 1.82) is 0 Å². The molecule has 0 saturated heterocycles. The molecule has 0 unspecified atom stereocenters. The van der Waals surface area contributed by atoms with Crippen LogP contribution in [0.1, 0.15) is 12.0 Å². The summed E-state index contributed by atoms with van der Waals surface area (Å²) in [5.74, 6) is 0.947. The van der Waals surface area contributed by atoms with E-state index in [1.54, 1.807) is 12.4 Å². The summed E-state index contributed by atoms with van der Waals surface area (Å²) in [6, 6.07) is 17.4. The van der Waals surface area contributed by atoms with E-state index in [0.717, 1.165) is 44.0 Å². The van der Waals surface area contributed by atoms with Crippen LogP contribution in [0.4, 0.5) is 5.82 Å². The summed E-state index contributed by atoms with van der Waals surface area (Å²) in [5.41, 5.74) is 6.54. The highest BCUT2D eigenvalue weighted by Crippen LogP contribution is 2.24. The first-order valence-corrected chi connectivity index (χ1v) is 11.5. The lowest BCUT2D eigenvalue weighted by Gasteiger charge is -2.24. The average Bonchev–Trinajstić information content (AvgIpc) is 2.82. The van der Waals surface area contributed by atoms with E-state index >= 15 is 0 Å². The van der Waals surface area contributed by atoms with E-state index in [2.05, 4.69) is 24.3 Å². The van der Waals surface area contributed by atoms with Gasteiger partial charge in [-0.1, -0.05) is 41.4 Å². The van der Waals surface area contributed by atoms with Crippen LogP contribution in [0, 0.1) is 0 Å². The van der Waals surface area contributed by atoms with Crippen LogP contribution in [0.2, 0.25) is 10.0 Å². The molecule has 2 aromatic heterocycles. The van der Waals surface area contributed by atoms with Crippen molar-refractivity contribution in [2.75, 3.05) is 31.1 Å². The zero-order valence-corrected chi connectivity index (χ0v) is 19.6.